The number of nitrogens with zero attached hydrogens (tertiary/aromatic N) is 1. The molecule has 2 aromatic carbocycles. The molecule has 3 N–H and O–H groups in total. The van der Waals surface area contributed by atoms with Crippen LogP contribution >= 0.6 is 15.9 Å². The average Bonchev–Trinajstić information content (AvgIpc) is 2.64. The smallest absolute Gasteiger partial charge is 0.322 e. The van der Waals surface area contributed by atoms with Crippen LogP contribution < -0.4 is 10.9 Å². The zero-order chi connectivity index (χ0) is 20.3. The maximum absolute atomic E-state index is 12.7. The summed E-state index contributed by atoms with van der Waals surface area (Å²) in [5.74, 6) is 0. The molecule has 6 nitrogen and oxygen atoms in total. The number of halogens is 1. The second-order valence-corrected chi connectivity index (χ2v) is 7.58. The van der Waals surface area contributed by atoms with Gasteiger partial charge in [-0.05, 0) is 65.0 Å². The number of carbonyl (C=O) groups excluding carboxylic acids is 1. The van der Waals surface area contributed by atoms with Gasteiger partial charge in [0.25, 0.3) is 5.56 Å². The maximum atomic E-state index is 12.7. The fourth-order valence-corrected chi connectivity index (χ4v) is 3.57. The Morgan fingerprint density at radius 1 is 1.21 bits per heavy atom. The van der Waals surface area contributed by atoms with Crippen molar-refractivity contribution < 1.29 is 9.90 Å². The summed E-state index contributed by atoms with van der Waals surface area (Å²) in [4.78, 5) is 29.6. The van der Waals surface area contributed by atoms with E-state index in [0.29, 0.717) is 11.3 Å². The second-order valence-electron chi connectivity index (χ2n) is 6.72. The number of fused-ring (bicyclic) bond motifs is 1. The number of H-pyrrole nitrogens is 1. The minimum absolute atomic E-state index is 0.0924. The summed E-state index contributed by atoms with van der Waals surface area (Å²) < 4.78 is 0.752. The number of benzene rings is 2. The number of hydrogen-bond donors (Lipinski definition) is 3. The molecule has 146 valence electrons. The first-order valence-electron chi connectivity index (χ1n) is 8.93. The quantitative estimate of drug-likeness (QED) is 0.558. The van der Waals surface area contributed by atoms with Gasteiger partial charge in [0.2, 0.25) is 0 Å². The first kappa shape index (κ1) is 20.1. The van der Waals surface area contributed by atoms with Gasteiger partial charge in [-0.15, -0.1) is 0 Å². The number of para-hydroxylation sites is 1. The molecule has 0 aliphatic rings. The van der Waals surface area contributed by atoms with E-state index in [2.05, 4.69) is 26.2 Å². The van der Waals surface area contributed by atoms with Crippen molar-refractivity contribution in [2.45, 2.75) is 20.4 Å². The summed E-state index contributed by atoms with van der Waals surface area (Å²) in [6.07, 6.45) is 0. The number of amides is 2. The van der Waals surface area contributed by atoms with Gasteiger partial charge in [-0.1, -0.05) is 23.8 Å². The van der Waals surface area contributed by atoms with Gasteiger partial charge in [-0.25, -0.2) is 4.79 Å². The highest BCUT2D eigenvalue weighted by Crippen LogP contribution is 2.22. The molecule has 3 aromatic rings. The highest BCUT2D eigenvalue weighted by molar-refractivity contribution is 9.10. The maximum Gasteiger partial charge on any atom is 0.322 e. The van der Waals surface area contributed by atoms with Crippen molar-refractivity contribution in [3.63, 3.8) is 0 Å². The molecule has 0 atom stereocenters. The summed E-state index contributed by atoms with van der Waals surface area (Å²) in [6, 6.07) is 12.7. The highest BCUT2D eigenvalue weighted by atomic mass is 79.9. The zero-order valence-electron chi connectivity index (χ0n) is 15.8. The Hall–Kier alpha value is -2.64. The van der Waals surface area contributed by atoms with Crippen molar-refractivity contribution in [2.24, 2.45) is 0 Å². The van der Waals surface area contributed by atoms with Crippen LogP contribution in [0, 0.1) is 13.8 Å². The monoisotopic (exact) mass is 443 g/mol. The van der Waals surface area contributed by atoms with E-state index in [0.717, 1.165) is 26.5 Å². The Labute approximate surface area is 171 Å². The van der Waals surface area contributed by atoms with Crippen LogP contribution in [0.5, 0.6) is 0 Å². The molecule has 0 unspecified atom stereocenters. The number of carbonyl (C=O) groups is 1. The molecule has 0 spiro atoms. The van der Waals surface area contributed by atoms with Crippen molar-refractivity contribution in [2.75, 3.05) is 18.5 Å². The van der Waals surface area contributed by atoms with E-state index in [4.69, 9.17) is 0 Å². The predicted molar refractivity (Wildman–Crippen MR) is 115 cm³/mol. The third-order valence-corrected chi connectivity index (χ3v) is 5.20. The van der Waals surface area contributed by atoms with Gasteiger partial charge in [0.05, 0.1) is 24.4 Å². The Bertz CT molecular complexity index is 1080. The molecule has 2 amide bonds. The van der Waals surface area contributed by atoms with Gasteiger partial charge < -0.3 is 20.3 Å². The summed E-state index contributed by atoms with van der Waals surface area (Å²) in [5.41, 5.74) is 3.74. The lowest BCUT2D eigenvalue weighted by Gasteiger charge is -2.22. The molecule has 0 saturated carbocycles. The number of rotatable bonds is 5. The van der Waals surface area contributed by atoms with Crippen LogP contribution in [-0.4, -0.2) is 34.2 Å². The SMILES string of the molecule is Cc1cc(C)c2[nH]c(=O)c(CN(CCO)C(=O)Nc3ccccc3Br)cc2c1. The number of anilines is 1. The van der Waals surface area contributed by atoms with Crippen molar-refractivity contribution in [3.8, 4) is 0 Å². The number of aliphatic hydroxyl groups is 1. The molecule has 0 saturated heterocycles. The van der Waals surface area contributed by atoms with Gasteiger partial charge in [0.1, 0.15) is 0 Å². The number of hydrogen-bond acceptors (Lipinski definition) is 3. The Morgan fingerprint density at radius 2 is 1.96 bits per heavy atom. The van der Waals surface area contributed by atoms with E-state index in [1.165, 1.54) is 4.90 Å². The number of pyridine rings is 1. The molecule has 1 heterocycles. The number of urea groups is 1. The molecule has 0 bridgehead atoms. The molecular formula is C21H22BrN3O3. The first-order chi connectivity index (χ1) is 13.4. The highest BCUT2D eigenvalue weighted by Gasteiger charge is 2.17. The zero-order valence-corrected chi connectivity index (χ0v) is 17.3. The minimum Gasteiger partial charge on any atom is -0.395 e. The lowest BCUT2D eigenvalue weighted by molar-refractivity contribution is 0.185. The molecule has 7 heteroatoms. The van der Waals surface area contributed by atoms with Crippen molar-refractivity contribution >= 4 is 38.6 Å². The largest absolute Gasteiger partial charge is 0.395 e. The summed E-state index contributed by atoms with van der Waals surface area (Å²) in [5, 5.41) is 13.1. The number of aliphatic hydroxyl groups excluding tert-OH is 1. The molecule has 3 rings (SSSR count). The summed E-state index contributed by atoms with van der Waals surface area (Å²) >= 11 is 3.39. The topological polar surface area (TPSA) is 85.4 Å². The van der Waals surface area contributed by atoms with Gasteiger partial charge in [0, 0.05) is 16.6 Å². The minimum atomic E-state index is -0.388. The van der Waals surface area contributed by atoms with Crippen molar-refractivity contribution in [1.29, 1.82) is 0 Å². The van der Waals surface area contributed by atoms with Gasteiger partial charge in [-0.3, -0.25) is 4.79 Å². The number of nitrogens with one attached hydrogen (secondary N) is 2. The average molecular weight is 444 g/mol. The Balaban J connectivity index is 1.89. The van der Waals surface area contributed by atoms with Gasteiger partial charge in [0.15, 0.2) is 0 Å². The summed E-state index contributed by atoms with van der Waals surface area (Å²) in [6.45, 7) is 3.96. The van der Waals surface area contributed by atoms with Crippen LogP contribution in [0.3, 0.4) is 0 Å². The molecule has 28 heavy (non-hydrogen) atoms. The molecule has 0 fully saturated rings. The van der Waals surface area contributed by atoms with E-state index >= 15 is 0 Å². The van der Waals surface area contributed by atoms with E-state index in [1.54, 1.807) is 6.07 Å². The Morgan fingerprint density at radius 3 is 2.68 bits per heavy atom. The van der Waals surface area contributed by atoms with E-state index < -0.39 is 0 Å². The van der Waals surface area contributed by atoms with E-state index in [-0.39, 0.29) is 31.3 Å². The van der Waals surface area contributed by atoms with Crippen LogP contribution in [-0.2, 0) is 6.54 Å². The predicted octanol–water partition coefficient (Wildman–Crippen LogP) is 3.93. The lowest BCUT2D eigenvalue weighted by Crippen LogP contribution is -2.38. The van der Waals surface area contributed by atoms with Crippen LogP contribution in [0.2, 0.25) is 0 Å². The Kier molecular flexibility index (Phi) is 6.16. The number of aryl methyl sites for hydroxylation is 2. The van der Waals surface area contributed by atoms with E-state index in [9.17, 15) is 14.7 Å². The molecular weight excluding hydrogens is 422 g/mol. The normalized spacial score (nSPS) is 10.9. The third kappa shape index (κ3) is 4.43. The van der Waals surface area contributed by atoms with Gasteiger partial charge in [-0.2, -0.15) is 0 Å². The molecule has 0 aliphatic heterocycles. The van der Waals surface area contributed by atoms with Crippen LogP contribution in [0.25, 0.3) is 10.9 Å². The standard InChI is InChI=1S/C21H22BrN3O3/c1-13-9-14(2)19-15(10-13)11-16(20(27)24-19)12-25(7-8-26)21(28)23-18-6-4-3-5-17(18)22/h3-6,9-11,26H,7-8,12H2,1-2H3,(H,23,28)(H,24,27). The molecule has 1 aromatic heterocycles. The second kappa shape index (κ2) is 8.58. The fourth-order valence-electron chi connectivity index (χ4n) is 3.19. The van der Waals surface area contributed by atoms with Gasteiger partial charge >= 0.3 is 6.03 Å². The fraction of sp³-hybridized carbons (Fsp3) is 0.238. The van der Waals surface area contributed by atoms with Crippen LogP contribution in [0.1, 0.15) is 16.7 Å². The summed E-state index contributed by atoms with van der Waals surface area (Å²) in [7, 11) is 0. The number of aromatic nitrogens is 1. The van der Waals surface area contributed by atoms with Crippen LogP contribution in [0.4, 0.5) is 10.5 Å². The van der Waals surface area contributed by atoms with Crippen molar-refractivity contribution in [3.05, 3.63) is 74.0 Å². The lowest BCUT2D eigenvalue weighted by atomic mass is 10.1. The van der Waals surface area contributed by atoms with E-state index in [1.807, 2.05) is 50.2 Å². The van der Waals surface area contributed by atoms with Crippen LogP contribution in [0.15, 0.2) is 51.7 Å². The first-order valence-corrected chi connectivity index (χ1v) is 9.73. The molecule has 0 aliphatic carbocycles. The third-order valence-electron chi connectivity index (χ3n) is 4.50. The number of aromatic amines is 1. The molecule has 0 radical (unpaired) electrons. The van der Waals surface area contributed by atoms with Crippen molar-refractivity contribution in [1.82, 2.24) is 9.88 Å².